The Morgan fingerprint density at radius 1 is 1.40 bits per heavy atom. The summed E-state index contributed by atoms with van der Waals surface area (Å²) in [6.45, 7) is 6.83. The van der Waals surface area contributed by atoms with Crippen LogP contribution in [-0.4, -0.2) is 39.8 Å². The van der Waals surface area contributed by atoms with Gasteiger partial charge in [0, 0.05) is 25.0 Å². The van der Waals surface area contributed by atoms with Crippen molar-refractivity contribution >= 4 is 0 Å². The minimum absolute atomic E-state index is 0.0181. The van der Waals surface area contributed by atoms with Crippen molar-refractivity contribution in [3.63, 3.8) is 0 Å². The summed E-state index contributed by atoms with van der Waals surface area (Å²) in [6, 6.07) is 4.09. The average molecular weight is 274 g/mol. The molecule has 0 spiro atoms. The zero-order chi connectivity index (χ0) is 13.9. The molecular formula is C14H18N4O2. The van der Waals surface area contributed by atoms with E-state index in [2.05, 4.69) is 26.1 Å². The minimum Gasteiger partial charge on any atom is -0.378 e. The molecule has 1 fully saturated rings. The first-order valence-electron chi connectivity index (χ1n) is 6.76. The third kappa shape index (κ3) is 2.71. The van der Waals surface area contributed by atoms with Crippen molar-refractivity contribution in [3.8, 4) is 0 Å². The zero-order valence-corrected chi connectivity index (χ0v) is 11.7. The zero-order valence-electron chi connectivity index (χ0n) is 11.7. The molecule has 2 aromatic rings. The number of pyridine rings is 1. The van der Waals surface area contributed by atoms with E-state index in [4.69, 9.17) is 9.26 Å². The molecule has 3 heterocycles. The summed E-state index contributed by atoms with van der Waals surface area (Å²) in [6.07, 6.45) is 1.82. The lowest BCUT2D eigenvalue weighted by molar-refractivity contribution is -0.0242. The number of aromatic nitrogens is 3. The van der Waals surface area contributed by atoms with E-state index in [0.717, 1.165) is 25.4 Å². The fourth-order valence-electron chi connectivity index (χ4n) is 2.41. The van der Waals surface area contributed by atoms with Gasteiger partial charge in [-0.3, -0.25) is 9.88 Å². The molecule has 0 amide bonds. The van der Waals surface area contributed by atoms with Gasteiger partial charge in [0.1, 0.15) is 6.04 Å². The van der Waals surface area contributed by atoms with E-state index in [0.29, 0.717) is 18.3 Å². The van der Waals surface area contributed by atoms with Gasteiger partial charge in [0.25, 0.3) is 0 Å². The van der Waals surface area contributed by atoms with E-state index in [1.165, 1.54) is 5.56 Å². The van der Waals surface area contributed by atoms with E-state index >= 15 is 0 Å². The molecule has 1 saturated heterocycles. The fourth-order valence-corrected chi connectivity index (χ4v) is 2.41. The molecule has 6 heteroatoms. The van der Waals surface area contributed by atoms with Crippen molar-refractivity contribution in [2.75, 3.05) is 19.8 Å². The molecule has 0 unspecified atom stereocenters. The van der Waals surface area contributed by atoms with Crippen molar-refractivity contribution in [1.82, 2.24) is 20.0 Å². The molecule has 20 heavy (non-hydrogen) atoms. The van der Waals surface area contributed by atoms with Gasteiger partial charge in [-0.05, 0) is 25.5 Å². The molecule has 0 bridgehead atoms. The molecule has 1 aliphatic heterocycles. The minimum atomic E-state index is 0.0181. The first-order valence-corrected chi connectivity index (χ1v) is 6.76. The van der Waals surface area contributed by atoms with Crippen LogP contribution in [0.4, 0.5) is 0 Å². The second-order valence-corrected chi connectivity index (χ2v) is 4.99. The van der Waals surface area contributed by atoms with Crippen LogP contribution in [-0.2, 0) is 11.3 Å². The Morgan fingerprint density at radius 2 is 2.30 bits per heavy atom. The van der Waals surface area contributed by atoms with Gasteiger partial charge in [-0.15, -0.1) is 0 Å². The highest BCUT2D eigenvalue weighted by atomic mass is 16.5. The summed E-state index contributed by atoms with van der Waals surface area (Å²) >= 11 is 0. The molecule has 3 rings (SSSR count). The van der Waals surface area contributed by atoms with E-state index in [1.807, 2.05) is 26.1 Å². The number of hydrogen-bond acceptors (Lipinski definition) is 6. The Morgan fingerprint density at radius 3 is 3.05 bits per heavy atom. The van der Waals surface area contributed by atoms with E-state index in [-0.39, 0.29) is 6.04 Å². The van der Waals surface area contributed by atoms with Crippen LogP contribution in [0.2, 0.25) is 0 Å². The van der Waals surface area contributed by atoms with E-state index in [1.54, 1.807) is 0 Å². The second kappa shape index (κ2) is 5.68. The summed E-state index contributed by atoms with van der Waals surface area (Å²) in [4.78, 5) is 11.0. The van der Waals surface area contributed by atoms with Gasteiger partial charge in [-0.1, -0.05) is 11.2 Å². The molecular weight excluding hydrogens is 256 g/mol. The van der Waals surface area contributed by atoms with Gasteiger partial charge >= 0.3 is 0 Å². The van der Waals surface area contributed by atoms with Crippen molar-refractivity contribution < 1.29 is 9.26 Å². The molecule has 6 nitrogen and oxygen atoms in total. The number of aryl methyl sites for hydroxylation is 2. The molecule has 1 atom stereocenters. The predicted molar refractivity (Wildman–Crippen MR) is 72.0 cm³/mol. The third-order valence-corrected chi connectivity index (χ3v) is 3.56. The van der Waals surface area contributed by atoms with Gasteiger partial charge in [0.2, 0.25) is 5.89 Å². The van der Waals surface area contributed by atoms with Crippen molar-refractivity contribution in [2.45, 2.75) is 26.4 Å². The van der Waals surface area contributed by atoms with Gasteiger partial charge in [-0.2, -0.15) is 4.98 Å². The Labute approximate surface area is 117 Å². The first-order chi connectivity index (χ1) is 9.74. The first kappa shape index (κ1) is 13.2. The summed E-state index contributed by atoms with van der Waals surface area (Å²) < 4.78 is 10.9. The van der Waals surface area contributed by atoms with Crippen LogP contribution in [0.1, 0.15) is 29.0 Å². The number of hydrogen-bond donors (Lipinski definition) is 0. The van der Waals surface area contributed by atoms with Crippen LogP contribution in [0.15, 0.2) is 22.9 Å². The van der Waals surface area contributed by atoms with Crippen molar-refractivity contribution in [1.29, 1.82) is 0 Å². The molecule has 2 aromatic heterocycles. The normalized spacial score (nSPS) is 20.2. The third-order valence-electron chi connectivity index (χ3n) is 3.56. The predicted octanol–water partition coefficient (Wildman–Crippen LogP) is 1.65. The van der Waals surface area contributed by atoms with E-state index < -0.39 is 0 Å². The summed E-state index contributed by atoms with van der Waals surface area (Å²) in [5.41, 5.74) is 2.27. The van der Waals surface area contributed by atoms with Gasteiger partial charge in [0.05, 0.1) is 13.2 Å². The Hall–Kier alpha value is -1.79. The Bertz CT molecular complexity index is 584. The maximum Gasteiger partial charge on any atom is 0.246 e. The number of morpholine rings is 1. The van der Waals surface area contributed by atoms with Gasteiger partial charge in [-0.25, -0.2) is 0 Å². The standard InChI is InChI=1S/C14H18N4O2/c1-10-12(4-3-5-15-10)8-18-6-7-19-9-13(18)14-16-11(2)17-20-14/h3-5,13H,6-9H2,1-2H3/t13-/m1/s1. The highest BCUT2D eigenvalue weighted by Gasteiger charge is 2.29. The fraction of sp³-hybridized carbons (Fsp3) is 0.500. The maximum absolute atomic E-state index is 5.56. The largest absolute Gasteiger partial charge is 0.378 e. The molecule has 0 saturated carbocycles. The van der Waals surface area contributed by atoms with Crippen molar-refractivity contribution in [3.05, 3.63) is 41.3 Å². The number of ether oxygens (including phenoxy) is 1. The lowest BCUT2D eigenvalue weighted by Crippen LogP contribution is -2.39. The van der Waals surface area contributed by atoms with Gasteiger partial charge < -0.3 is 9.26 Å². The van der Waals surface area contributed by atoms with Crippen LogP contribution in [0, 0.1) is 13.8 Å². The van der Waals surface area contributed by atoms with Crippen LogP contribution >= 0.6 is 0 Å². The molecule has 1 aliphatic rings. The van der Waals surface area contributed by atoms with Crippen LogP contribution in [0.5, 0.6) is 0 Å². The van der Waals surface area contributed by atoms with Gasteiger partial charge in [0.15, 0.2) is 5.82 Å². The SMILES string of the molecule is Cc1noc([C@H]2COCCN2Cc2cccnc2C)n1. The maximum atomic E-state index is 5.56. The van der Waals surface area contributed by atoms with Crippen LogP contribution < -0.4 is 0 Å². The molecule has 0 aliphatic carbocycles. The topological polar surface area (TPSA) is 64.3 Å². The highest BCUT2D eigenvalue weighted by Crippen LogP contribution is 2.25. The highest BCUT2D eigenvalue weighted by molar-refractivity contribution is 5.18. The quantitative estimate of drug-likeness (QED) is 0.848. The smallest absolute Gasteiger partial charge is 0.246 e. The second-order valence-electron chi connectivity index (χ2n) is 4.99. The lowest BCUT2D eigenvalue weighted by atomic mass is 10.1. The molecule has 0 N–H and O–H groups in total. The summed E-state index contributed by atoms with van der Waals surface area (Å²) in [5.74, 6) is 1.28. The van der Waals surface area contributed by atoms with Crippen LogP contribution in [0.25, 0.3) is 0 Å². The van der Waals surface area contributed by atoms with Crippen LogP contribution in [0.3, 0.4) is 0 Å². The molecule has 0 radical (unpaired) electrons. The molecule has 106 valence electrons. The monoisotopic (exact) mass is 274 g/mol. The number of rotatable bonds is 3. The van der Waals surface area contributed by atoms with E-state index in [9.17, 15) is 0 Å². The molecule has 0 aromatic carbocycles. The Kier molecular flexibility index (Phi) is 3.75. The summed E-state index contributed by atoms with van der Waals surface area (Å²) in [7, 11) is 0. The summed E-state index contributed by atoms with van der Waals surface area (Å²) in [5, 5.41) is 3.87. The number of nitrogens with zero attached hydrogens (tertiary/aromatic N) is 4. The van der Waals surface area contributed by atoms with Crippen molar-refractivity contribution in [2.24, 2.45) is 0 Å². The lowest BCUT2D eigenvalue weighted by Gasteiger charge is -2.33. The Balaban J connectivity index is 1.81. The average Bonchev–Trinajstić information content (AvgIpc) is 2.88.